The average Bonchev–Trinajstić information content (AvgIpc) is 3.59. The summed E-state index contributed by atoms with van der Waals surface area (Å²) in [6.07, 6.45) is 8.43. The lowest BCUT2D eigenvalue weighted by Gasteiger charge is -2.39. The molecule has 0 spiro atoms. The zero-order valence-electron chi connectivity index (χ0n) is 20.7. The van der Waals surface area contributed by atoms with E-state index in [-0.39, 0.29) is 35.5 Å². The highest BCUT2D eigenvalue weighted by Crippen LogP contribution is 2.44. The molecule has 11 heteroatoms. The normalized spacial score (nSPS) is 21.1. The van der Waals surface area contributed by atoms with Crippen LogP contribution in [0.25, 0.3) is 28.2 Å². The van der Waals surface area contributed by atoms with Crippen LogP contribution in [0.2, 0.25) is 0 Å². The molecule has 0 aromatic carbocycles. The van der Waals surface area contributed by atoms with E-state index in [4.69, 9.17) is 10.7 Å². The van der Waals surface area contributed by atoms with Crippen molar-refractivity contribution in [2.45, 2.75) is 50.6 Å². The molecule has 4 aromatic heterocycles. The summed E-state index contributed by atoms with van der Waals surface area (Å²) < 4.78 is 3.24. The van der Waals surface area contributed by atoms with Crippen LogP contribution < -0.4 is 5.73 Å². The van der Waals surface area contributed by atoms with Gasteiger partial charge in [0.1, 0.15) is 18.1 Å². The van der Waals surface area contributed by atoms with Gasteiger partial charge in [0.25, 0.3) is 0 Å². The molecule has 2 unspecified atom stereocenters. The van der Waals surface area contributed by atoms with E-state index in [1.807, 2.05) is 36.3 Å². The zero-order valence-corrected chi connectivity index (χ0v) is 20.7. The molecule has 1 amide bonds. The lowest BCUT2D eigenvalue weighted by atomic mass is 9.85. The number of Topliss-reactive ketones (excluding diaryl/α,β-unsaturated/α-hetero) is 1. The first-order chi connectivity index (χ1) is 17.9. The third kappa shape index (κ3) is 3.77. The van der Waals surface area contributed by atoms with Crippen molar-refractivity contribution in [2.75, 3.05) is 12.3 Å². The number of aliphatic hydroxyl groups is 1. The number of pyridine rings is 1. The van der Waals surface area contributed by atoms with Crippen LogP contribution in [0.1, 0.15) is 54.6 Å². The summed E-state index contributed by atoms with van der Waals surface area (Å²) in [4.78, 5) is 36.5. The third-order valence-corrected chi connectivity index (χ3v) is 7.66. The van der Waals surface area contributed by atoms with Crippen molar-refractivity contribution in [3.8, 4) is 22.5 Å². The summed E-state index contributed by atoms with van der Waals surface area (Å²) in [5, 5.41) is 18.3. The predicted octanol–water partition coefficient (Wildman–Crippen LogP) is 2.21. The van der Waals surface area contributed by atoms with Crippen LogP contribution in [0.4, 0.5) is 5.82 Å². The number of aliphatic hydroxyl groups excluding tert-OH is 1. The van der Waals surface area contributed by atoms with Gasteiger partial charge in [0.15, 0.2) is 11.4 Å². The number of fused-ring (bicyclic) bond motifs is 3. The Morgan fingerprint density at radius 3 is 2.46 bits per heavy atom. The van der Waals surface area contributed by atoms with Crippen molar-refractivity contribution in [1.29, 1.82) is 0 Å². The largest absolute Gasteiger partial charge is 0.387 e. The Bertz CT molecular complexity index is 1510. The maximum Gasteiger partial charge on any atom is 0.248 e. The van der Waals surface area contributed by atoms with E-state index in [2.05, 4.69) is 15.2 Å². The number of nitrogen functional groups attached to an aromatic ring is 1. The topological polar surface area (TPSA) is 145 Å². The van der Waals surface area contributed by atoms with Gasteiger partial charge in [-0.05, 0) is 44.7 Å². The Labute approximate surface area is 212 Å². The fourth-order valence-corrected chi connectivity index (χ4v) is 6.04. The van der Waals surface area contributed by atoms with E-state index in [1.165, 1.54) is 11.4 Å². The minimum Gasteiger partial charge on any atom is -0.387 e. The molecule has 0 aliphatic carbocycles. The molecule has 2 bridgehead atoms. The number of amides is 1. The molecule has 2 aliphatic heterocycles. The highest BCUT2D eigenvalue weighted by molar-refractivity contribution is 6.00. The fraction of sp³-hybridized carbons (Fsp3) is 0.385. The molecule has 0 radical (unpaired) electrons. The number of piperidine rings is 1. The van der Waals surface area contributed by atoms with Crippen molar-refractivity contribution < 1.29 is 14.7 Å². The number of nitrogens with two attached hydrogens (primary N) is 1. The molecule has 6 heterocycles. The molecule has 0 saturated carbocycles. The Balaban J connectivity index is 1.41. The number of aryl methyl sites for hydroxylation is 1. The molecular formula is C26H28N8O3. The van der Waals surface area contributed by atoms with E-state index >= 15 is 0 Å². The van der Waals surface area contributed by atoms with Gasteiger partial charge in [-0.1, -0.05) is 6.07 Å². The number of hydrogen-bond donors (Lipinski definition) is 2. The lowest BCUT2D eigenvalue weighted by molar-refractivity contribution is -0.138. The van der Waals surface area contributed by atoms with Crippen molar-refractivity contribution >= 4 is 23.2 Å². The molecule has 6 rings (SSSR count). The van der Waals surface area contributed by atoms with Crippen LogP contribution in [0, 0.1) is 0 Å². The van der Waals surface area contributed by atoms with Crippen molar-refractivity contribution in [3.63, 3.8) is 0 Å². The van der Waals surface area contributed by atoms with Gasteiger partial charge in [0.05, 0.1) is 23.1 Å². The van der Waals surface area contributed by atoms with Gasteiger partial charge < -0.3 is 15.7 Å². The summed E-state index contributed by atoms with van der Waals surface area (Å²) >= 11 is 0. The molecule has 11 nitrogen and oxygen atoms in total. The van der Waals surface area contributed by atoms with Crippen LogP contribution in [-0.4, -0.2) is 69.7 Å². The molecule has 3 N–H and O–H groups in total. The second-order valence-electron chi connectivity index (χ2n) is 9.93. The van der Waals surface area contributed by atoms with Gasteiger partial charge in [-0.2, -0.15) is 14.7 Å². The number of aromatic nitrogens is 6. The van der Waals surface area contributed by atoms with Gasteiger partial charge in [0.2, 0.25) is 5.91 Å². The molecule has 2 saturated heterocycles. The van der Waals surface area contributed by atoms with Crippen LogP contribution in [0.15, 0.2) is 36.8 Å². The number of nitrogens with zero attached hydrogens (tertiary/aromatic N) is 7. The first-order valence-electron chi connectivity index (χ1n) is 12.4. The zero-order chi connectivity index (χ0) is 25.8. The molecule has 2 aliphatic rings. The SMILES string of the molecule is CC(=O)c1c(C2CC3CCC(C2)N3C(=O)CO)nc2c(-c3ccc(-c4ccn(C)n4)nc3)cnn2c1N. The first-order valence-corrected chi connectivity index (χ1v) is 12.4. The molecule has 4 aromatic rings. The van der Waals surface area contributed by atoms with Crippen LogP contribution in [-0.2, 0) is 11.8 Å². The number of rotatable bonds is 5. The molecule has 2 atom stereocenters. The van der Waals surface area contributed by atoms with Crippen molar-refractivity contribution in [1.82, 2.24) is 34.3 Å². The second kappa shape index (κ2) is 8.77. The summed E-state index contributed by atoms with van der Waals surface area (Å²) in [5.74, 6) is -0.168. The molecule has 190 valence electrons. The van der Waals surface area contributed by atoms with E-state index in [0.29, 0.717) is 29.7 Å². The number of ketones is 1. The Kier molecular flexibility index (Phi) is 5.52. The van der Waals surface area contributed by atoms with Gasteiger partial charge in [0, 0.05) is 48.6 Å². The number of carbonyl (C=O) groups excluding carboxylic acids is 2. The maximum atomic E-state index is 12.7. The van der Waals surface area contributed by atoms with Crippen LogP contribution >= 0.6 is 0 Å². The summed E-state index contributed by atoms with van der Waals surface area (Å²) in [7, 11) is 1.86. The van der Waals surface area contributed by atoms with Crippen molar-refractivity contribution in [3.05, 3.63) is 48.0 Å². The summed E-state index contributed by atoms with van der Waals surface area (Å²) in [6.45, 7) is 1.01. The Morgan fingerprint density at radius 2 is 1.86 bits per heavy atom. The standard InChI is InChI=1S/C26H28N8O3/c1-14(36)23-24(16-9-17-4-5-18(10-16)33(17)22(37)13-35)30-26-19(12-29-34(26)25(23)27)15-3-6-20(28-11-15)21-7-8-32(2)31-21/h3,6-8,11-12,16-18,35H,4-5,9-10,13,27H2,1-2H3. The molecular weight excluding hydrogens is 472 g/mol. The Hall–Kier alpha value is -4.12. The summed E-state index contributed by atoms with van der Waals surface area (Å²) in [5.41, 5.74) is 11.3. The van der Waals surface area contributed by atoms with Gasteiger partial charge >= 0.3 is 0 Å². The van der Waals surface area contributed by atoms with Crippen molar-refractivity contribution in [2.24, 2.45) is 7.05 Å². The highest BCUT2D eigenvalue weighted by Gasteiger charge is 2.44. The predicted molar refractivity (Wildman–Crippen MR) is 136 cm³/mol. The lowest BCUT2D eigenvalue weighted by Crippen LogP contribution is -2.47. The fourth-order valence-electron chi connectivity index (χ4n) is 6.04. The molecule has 37 heavy (non-hydrogen) atoms. The average molecular weight is 501 g/mol. The van der Waals surface area contributed by atoms with E-state index in [9.17, 15) is 14.7 Å². The first kappa shape index (κ1) is 23.3. The van der Waals surface area contributed by atoms with Gasteiger partial charge in [-0.25, -0.2) is 4.98 Å². The number of carbonyl (C=O) groups is 2. The highest BCUT2D eigenvalue weighted by atomic mass is 16.3. The van der Waals surface area contributed by atoms with Gasteiger partial charge in [-0.3, -0.25) is 19.3 Å². The van der Waals surface area contributed by atoms with E-state index in [1.54, 1.807) is 17.1 Å². The maximum absolute atomic E-state index is 12.7. The quantitative estimate of drug-likeness (QED) is 0.397. The third-order valence-electron chi connectivity index (χ3n) is 7.66. The van der Waals surface area contributed by atoms with Gasteiger partial charge in [-0.15, -0.1) is 0 Å². The van der Waals surface area contributed by atoms with Crippen LogP contribution in [0.3, 0.4) is 0 Å². The second-order valence-corrected chi connectivity index (χ2v) is 9.93. The summed E-state index contributed by atoms with van der Waals surface area (Å²) in [6, 6.07) is 5.80. The van der Waals surface area contributed by atoms with E-state index in [0.717, 1.165) is 35.4 Å². The van der Waals surface area contributed by atoms with Crippen LogP contribution in [0.5, 0.6) is 0 Å². The minimum atomic E-state index is -0.486. The smallest absolute Gasteiger partial charge is 0.248 e. The number of hydrogen-bond acceptors (Lipinski definition) is 8. The minimum absolute atomic E-state index is 0.0233. The Morgan fingerprint density at radius 1 is 1.11 bits per heavy atom. The monoisotopic (exact) mass is 500 g/mol. The van der Waals surface area contributed by atoms with E-state index < -0.39 is 6.61 Å². The number of anilines is 1. The molecule has 2 fully saturated rings.